The third-order valence-corrected chi connectivity index (χ3v) is 4.63. The van der Waals surface area contributed by atoms with Crippen LogP contribution in [0.2, 0.25) is 0 Å². The first-order valence-corrected chi connectivity index (χ1v) is 9.93. The highest BCUT2D eigenvalue weighted by Crippen LogP contribution is 2.35. The van der Waals surface area contributed by atoms with Crippen LogP contribution in [-0.4, -0.2) is 34.7 Å². The van der Waals surface area contributed by atoms with Crippen LogP contribution in [0, 0.1) is 10.1 Å². The van der Waals surface area contributed by atoms with Gasteiger partial charge in [0.1, 0.15) is 5.56 Å². The van der Waals surface area contributed by atoms with Crippen LogP contribution in [-0.2, 0) is 11.3 Å². The minimum atomic E-state index is -0.931. The van der Waals surface area contributed by atoms with Crippen molar-refractivity contribution in [2.24, 2.45) is 0 Å². The van der Waals surface area contributed by atoms with Gasteiger partial charge in [-0.25, -0.2) is 4.79 Å². The molecule has 2 aromatic carbocycles. The van der Waals surface area contributed by atoms with Crippen molar-refractivity contribution < 1.29 is 28.5 Å². The standard InChI is InChI=1S/C22H23N3O7/c1-5-30-19-11-17(25(27)28)16(10-18(19)29-4)22(26)31-12-20-23-21(24-32-20)15-8-6-14(7-9-15)13(2)3/h6-11,13H,5,12H2,1-4H3. The minimum absolute atomic E-state index is 0.0573. The zero-order valence-corrected chi connectivity index (χ0v) is 18.2. The van der Waals surface area contributed by atoms with E-state index in [1.807, 2.05) is 24.3 Å². The largest absolute Gasteiger partial charge is 0.493 e. The third-order valence-electron chi connectivity index (χ3n) is 4.63. The molecule has 0 aliphatic rings. The maximum atomic E-state index is 12.5. The third kappa shape index (κ3) is 5.02. The van der Waals surface area contributed by atoms with Gasteiger partial charge >= 0.3 is 5.97 Å². The van der Waals surface area contributed by atoms with Crippen molar-refractivity contribution in [3.63, 3.8) is 0 Å². The average Bonchev–Trinajstić information content (AvgIpc) is 3.26. The summed E-state index contributed by atoms with van der Waals surface area (Å²) in [5.74, 6) is 0.202. The van der Waals surface area contributed by atoms with Gasteiger partial charge in [-0.05, 0) is 18.4 Å². The van der Waals surface area contributed by atoms with Gasteiger partial charge in [0, 0.05) is 11.6 Å². The van der Waals surface area contributed by atoms with Crippen LogP contribution in [0.3, 0.4) is 0 Å². The number of hydrogen-bond acceptors (Lipinski definition) is 9. The van der Waals surface area contributed by atoms with Crippen LogP contribution in [0.25, 0.3) is 11.4 Å². The Morgan fingerprint density at radius 2 is 1.91 bits per heavy atom. The molecule has 0 N–H and O–H groups in total. The Kier molecular flexibility index (Phi) is 7.04. The van der Waals surface area contributed by atoms with Crippen LogP contribution in [0.15, 0.2) is 40.9 Å². The smallest absolute Gasteiger partial charge is 0.345 e. The minimum Gasteiger partial charge on any atom is -0.493 e. The number of aromatic nitrogens is 2. The van der Waals surface area contributed by atoms with Gasteiger partial charge in [-0.2, -0.15) is 4.98 Å². The Morgan fingerprint density at radius 3 is 2.50 bits per heavy atom. The number of rotatable bonds is 9. The lowest BCUT2D eigenvalue weighted by atomic mass is 10.0. The first kappa shape index (κ1) is 22.7. The van der Waals surface area contributed by atoms with Crippen LogP contribution < -0.4 is 9.47 Å². The van der Waals surface area contributed by atoms with Gasteiger partial charge in [-0.15, -0.1) is 0 Å². The van der Waals surface area contributed by atoms with E-state index in [0.29, 0.717) is 11.7 Å². The molecule has 0 aliphatic heterocycles. The second-order valence-corrected chi connectivity index (χ2v) is 7.07. The molecular weight excluding hydrogens is 418 g/mol. The second kappa shape index (κ2) is 9.90. The maximum Gasteiger partial charge on any atom is 0.345 e. The number of nitro groups is 1. The fourth-order valence-electron chi connectivity index (χ4n) is 2.94. The van der Waals surface area contributed by atoms with Gasteiger partial charge in [0.15, 0.2) is 18.1 Å². The summed E-state index contributed by atoms with van der Waals surface area (Å²) in [5, 5.41) is 15.3. The van der Waals surface area contributed by atoms with Gasteiger partial charge in [-0.1, -0.05) is 43.3 Å². The van der Waals surface area contributed by atoms with Gasteiger partial charge in [0.2, 0.25) is 5.82 Å². The Balaban J connectivity index is 1.75. The van der Waals surface area contributed by atoms with Crippen LogP contribution >= 0.6 is 0 Å². The number of ether oxygens (including phenoxy) is 3. The molecular formula is C22H23N3O7. The zero-order valence-electron chi connectivity index (χ0n) is 18.2. The monoisotopic (exact) mass is 441 g/mol. The average molecular weight is 441 g/mol. The normalized spacial score (nSPS) is 10.8. The molecule has 0 saturated carbocycles. The van der Waals surface area contributed by atoms with Crippen molar-refractivity contribution in [3.8, 4) is 22.9 Å². The van der Waals surface area contributed by atoms with E-state index in [0.717, 1.165) is 11.6 Å². The molecule has 0 saturated heterocycles. The van der Waals surface area contributed by atoms with E-state index >= 15 is 0 Å². The molecule has 0 atom stereocenters. The lowest BCUT2D eigenvalue weighted by Gasteiger charge is -2.11. The molecule has 0 radical (unpaired) electrons. The molecule has 1 aromatic heterocycles. The van der Waals surface area contributed by atoms with Crippen molar-refractivity contribution in [2.75, 3.05) is 13.7 Å². The van der Waals surface area contributed by atoms with E-state index in [4.69, 9.17) is 18.7 Å². The van der Waals surface area contributed by atoms with Gasteiger partial charge < -0.3 is 18.7 Å². The molecule has 3 aromatic rings. The van der Waals surface area contributed by atoms with Gasteiger partial charge in [-0.3, -0.25) is 10.1 Å². The van der Waals surface area contributed by atoms with Crippen molar-refractivity contribution in [3.05, 3.63) is 63.5 Å². The molecule has 0 aliphatic carbocycles. The Bertz CT molecular complexity index is 1110. The first-order valence-electron chi connectivity index (χ1n) is 9.93. The molecule has 0 spiro atoms. The summed E-state index contributed by atoms with van der Waals surface area (Å²) in [7, 11) is 1.37. The summed E-state index contributed by atoms with van der Waals surface area (Å²) in [6.07, 6.45) is 0. The van der Waals surface area contributed by atoms with E-state index < -0.39 is 16.6 Å². The number of carbonyl (C=O) groups is 1. The van der Waals surface area contributed by atoms with Crippen molar-refractivity contribution in [1.29, 1.82) is 0 Å². The van der Waals surface area contributed by atoms with Crippen molar-refractivity contribution in [2.45, 2.75) is 33.3 Å². The summed E-state index contributed by atoms with van der Waals surface area (Å²) in [5.41, 5.74) is 1.19. The number of nitro benzene ring substituents is 1. The SMILES string of the molecule is CCOc1cc([N+](=O)[O-])c(C(=O)OCc2nc(-c3ccc(C(C)C)cc3)no2)cc1OC. The number of nitrogens with zero attached hydrogens (tertiary/aromatic N) is 3. The fraction of sp³-hybridized carbons (Fsp3) is 0.318. The maximum absolute atomic E-state index is 12.5. The molecule has 3 rings (SSSR count). The highest BCUT2D eigenvalue weighted by Gasteiger charge is 2.26. The molecule has 168 valence electrons. The molecule has 0 amide bonds. The molecule has 0 bridgehead atoms. The summed E-state index contributed by atoms with van der Waals surface area (Å²) in [4.78, 5) is 27.5. The number of hydrogen-bond donors (Lipinski definition) is 0. The highest BCUT2D eigenvalue weighted by molar-refractivity contribution is 5.95. The summed E-state index contributed by atoms with van der Waals surface area (Å²) < 4.78 is 20.8. The van der Waals surface area contributed by atoms with Crippen LogP contribution in [0.5, 0.6) is 11.5 Å². The second-order valence-electron chi connectivity index (χ2n) is 7.07. The first-order chi connectivity index (χ1) is 15.3. The van der Waals surface area contributed by atoms with Crippen molar-refractivity contribution >= 4 is 11.7 Å². The Hall–Kier alpha value is -3.95. The van der Waals surface area contributed by atoms with E-state index in [9.17, 15) is 14.9 Å². The molecule has 0 unspecified atom stereocenters. The highest BCUT2D eigenvalue weighted by atomic mass is 16.6. The lowest BCUT2D eigenvalue weighted by molar-refractivity contribution is -0.385. The van der Waals surface area contributed by atoms with Crippen molar-refractivity contribution in [1.82, 2.24) is 10.1 Å². The summed E-state index contributed by atoms with van der Waals surface area (Å²) >= 11 is 0. The van der Waals surface area contributed by atoms with Crippen LogP contribution in [0.1, 0.15) is 48.5 Å². The topological polar surface area (TPSA) is 127 Å². The molecule has 32 heavy (non-hydrogen) atoms. The summed E-state index contributed by atoms with van der Waals surface area (Å²) in [6, 6.07) is 10.1. The zero-order chi connectivity index (χ0) is 23.3. The quantitative estimate of drug-likeness (QED) is 0.267. The van der Waals surface area contributed by atoms with Gasteiger partial charge in [0.05, 0.1) is 24.7 Å². The fourth-order valence-corrected chi connectivity index (χ4v) is 2.94. The molecule has 1 heterocycles. The molecule has 10 heteroatoms. The number of carbonyl (C=O) groups excluding carboxylic acids is 1. The lowest BCUT2D eigenvalue weighted by Crippen LogP contribution is -2.10. The molecule has 10 nitrogen and oxygen atoms in total. The number of esters is 1. The van der Waals surface area contributed by atoms with E-state index in [1.165, 1.54) is 18.7 Å². The predicted octanol–water partition coefficient (Wildman–Crippen LogP) is 4.53. The predicted molar refractivity (Wildman–Crippen MR) is 114 cm³/mol. The molecule has 0 fully saturated rings. The van der Waals surface area contributed by atoms with Crippen LogP contribution in [0.4, 0.5) is 5.69 Å². The van der Waals surface area contributed by atoms with E-state index in [1.54, 1.807) is 6.92 Å². The Labute approximate surface area is 184 Å². The van der Waals surface area contributed by atoms with E-state index in [-0.39, 0.29) is 36.2 Å². The summed E-state index contributed by atoms with van der Waals surface area (Å²) in [6.45, 7) is 5.85. The number of benzene rings is 2. The van der Waals surface area contributed by atoms with E-state index in [2.05, 4.69) is 24.0 Å². The number of methoxy groups -OCH3 is 1. The van der Waals surface area contributed by atoms with Gasteiger partial charge in [0.25, 0.3) is 11.6 Å². The Morgan fingerprint density at radius 1 is 1.19 bits per heavy atom.